The van der Waals surface area contributed by atoms with E-state index in [1.807, 2.05) is 0 Å². The third kappa shape index (κ3) is 3.48. The van der Waals surface area contributed by atoms with Crippen molar-refractivity contribution in [2.45, 2.75) is 11.4 Å². The molecule has 1 fully saturated rings. The van der Waals surface area contributed by atoms with E-state index in [9.17, 15) is 18.0 Å². The molecule has 0 N–H and O–H groups in total. The molecule has 0 aliphatic carbocycles. The van der Waals surface area contributed by atoms with Crippen molar-refractivity contribution in [3.05, 3.63) is 57.5 Å². The topological polar surface area (TPSA) is 102 Å². The molecule has 4 rings (SSSR count). The summed E-state index contributed by atoms with van der Waals surface area (Å²) >= 11 is 0. The van der Waals surface area contributed by atoms with Crippen molar-refractivity contribution in [3.63, 3.8) is 0 Å². The number of rotatable bonds is 5. The number of aryl methyl sites for hydroxylation is 1. The number of sulfonamides is 1. The van der Waals surface area contributed by atoms with E-state index in [0.29, 0.717) is 55.3 Å². The Morgan fingerprint density at radius 2 is 1.60 bits per heavy atom. The Bertz CT molecular complexity index is 1280. The first-order chi connectivity index (χ1) is 14.3. The molecule has 0 radical (unpaired) electrons. The lowest BCUT2D eigenvalue weighted by molar-refractivity contribution is 0.183. The van der Waals surface area contributed by atoms with Gasteiger partial charge in [-0.15, -0.1) is 0 Å². The Morgan fingerprint density at radius 3 is 2.27 bits per heavy atom. The van der Waals surface area contributed by atoms with Crippen molar-refractivity contribution in [3.8, 4) is 0 Å². The van der Waals surface area contributed by atoms with Gasteiger partial charge in [-0.2, -0.15) is 4.31 Å². The molecule has 3 aromatic rings. The van der Waals surface area contributed by atoms with Crippen molar-refractivity contribution in [2.75, 3.05) is 32.7 Å². The van der Waals surface area contributed by atoms with Gasteiger partial charge in [-0.25, -0.2) is 18.2 Å². The molecule has 2 aromatic heterocycles. The predicted octanol–water partition coefficient (Wildman–Crippen LogP) is -0.560. The Kier molecular flexibility index (Phi) is 5.35. The molecule has 0 saturated carbocycles. The molecule has 0 amide bonds. The van der Waals surface area contributed by atoms with E-state index in [1.165, 1.54) is 15.9 Å². The van der Waals surface area contributed by atoms with Crippen LogP contribution < -0.4 is 11.2 Å². The average Bonchev–Trinajstić information content (AvgIpc) is 3.20. The van der Waals surface area contributed by atoms with Gasteiger partial charge in [-0.05, 0) is 12.1 Å². The van der Waals surface area contributed by atoms with E-state index < -0.39 is 15.7 Å². The molecule has 0 unspecified atom stereocenters. The highest BCUT2D eigenvalue weighted by atomic mass is 32.2. The standard InChI is InChI=1S/C19H24N6O4S/c1-21-17-16(18(26)22(2)19(21)27)24(14-20-17)11-8-23-9-12-25(13-10-23)30(28,29)15-6-4-3-5-7-15/h3-7,14H,8-13H2,1-2H3. The highest BCUT2D eigenvalue weighted by Crippen LogP contribution is 2.17. The first-order valence-electron chi connectivity index (χ1n) is 9.69. The number of piperazine rings is 1. The molecule has 30 heavy (non-hydrogen) atoms. The number of benzene rings is 1. The maximum atomic E-state index is 12.7. The smallest absolute Gasteiger partial charge is 0.323 e. The van der Waals surface area contributed by atoms with Gasteiger partial charge in [0.15, 0.2) is 11.2 Å². The Balaban J connectivity index is 1.44. The van der Waals surface area contributed by atoms with Crippen molar-refractivity contribution in [2.24, 2.45) is 14.1 Å². The van der Waals surface area contributed by atoms with Crippen LogP contribution in [0.15, 0.2) is 51.1 Å². The summed E-state index contributed by atoms with van der Waals surface area (Å²) in [6, 6.07) is 8.46. The second-order valence-corrected chi connectivity index (χ2v) is 9.31. The van der Waals surface area contributed by atoms with Crippen LogP contribution in [-0.4, -0.2) is 69.0 Å². The second kappa shape index (κ2) is 7.82. The van der Waals surface area contributed by atoms with Crippen LogP contribution in [0.2, 0.25) is 0 Å². The van der Waals surface area contributed by atoms with Crippen molar-refractivity contribution in [1.29, 1.82) is 0 Å². The molecule has 0 bridgehead atoms. The van der Waals surface area contributed by atoms with E-state index >= 15 is 0 Å². The van der Waals surface area contributed by atoms with Crippen LogP contribution in [0.1, 0.15) is 0 Å². The number of hydrogen-bond donors (Lipinski definition) is 0. The third-order valence-electron chi connectivity index (χ3n) is 5.59. The summed E-state index contributed by atoms with van der Waals surface area (Å²) in [5.41, 5.74) is -0.0235. The first kappa shape index (κ1) is 20.5. The van der Waals surface area contributed by atoms with Gasteiger partial charge in [0.25, 0.3) is 5.56 Å². The van der Waals surface area contributed by atoms with Crippen LogP contribution >= 0.6 is 0 Å². The van der Waals surface area contributed by atoms with Crippen molar-refractivity contribution >= 4 is 21.2 Å². The van der Waals surface area contributed by atoms with Gasteiger partial charge in [0.2, 0.25) is 10.0 Å². The van der Waals surface area contributed by atoms with Gasteiger partial charge in [0, 0.05) is 53.4 Å². The summed E-state index contributed by atoms with van der Waals surface area (Å²) in [5.74, 6) is 0. The summed E-state index contributed by atoms with van der Waals surface area (Å²) in [5, 5.41) is 0. The summed E-state index contributed by atoms with van der Waals surface area (Å²) in [4.78, 5) is 31.3. The quantitative estimate of drug-likeness (QED) is 0.536. The van der Waals surface area contributed by atoms with Gasteiger partial charge >= 0.3 is 5.69 Å². The minimum Gasteiger partial charge on any atom is -0.323 e. The highest BCUT2D eigenvalue weighted by Gasteiger charge is 2.28. The average molecular weight is 433 g/mol. The Morgan fingerprint density at radius 1 is 0.933 bits per heavy atom. The zero-order valence-corrected chi connectivity index (χ0v) is 17.7. The normalized spacial score (nSPS) is 16.3. The molecule has 1 saturated heterocycles. The molecular weight excluding hydrogens is 408 g/mol. The lowest BCUT2D eigenvalue weighted by Gasteiger charge is -2.34. The Labute approximate surface area is 173 Å². The summed E-state index contributed by atoms with van der Waals surface area (Å²) in [7, 11) is -0.433. The van der Waals surface area contributed by atoms with E-state index in [0.717, 1.165) is 4.57 Å². The van der Waals surface area contributed by atoms with Gasteiger partial charge in [-0.1, -0.05) is 18.2 Å². The number of imidazole rings is 1. The molecule has 3 heterocycles. The van der Waals surface area contributed by atoms with Gasteiger partial charge in [0.1, 0.15) is 0 Å². The van der Waals surface area contributed by atoms with Gasteiger partial charge < -0.3 is 4.57 Å². The highest BCUT2D eigenvalue weighted by molar-refractivity contribution is 7.89. The maximum Gasteiger partial charge on any atom is 0.332 e. The zero-order chi connectivity index (χ0) is 21.5. The fourth-order valence-corrected chi connectivity index (χ4v) is 5.19. The minimum atomic E-state index is -3.48. The molecular formula is C19H24N6O4S. The van der Waals surface area contributed by atoms with E-state index in [4.69, 9.17) is 0 Å². The summed E-state index contributed by atoms with van der Waals surface area (Å²) in [6.07, 6.45) is 1.57. The second-order valence-electron chi connectivity index (χ2n) is 7.37. The fourth-order valence-electron chi connectivity index (χ4n) is 3.75. The molecule has 1 aliphatic heterocycles. The van der Waals surface area contributed by atoms with Crippen molar-refractivity contribution in [1.82, 2.24) is 27.9 Å². The first-order valence-corrected chi connectivity index (χ1v) is 11.1. The number of fused-ring (bicyclic) bond motifs is 1. The third-order valence-corrected chi connectivity index (χ3v) is 7.50. The molecule has 1 aromatic carbocycles. The maximum absolute atomic E-state index is 12.7. The van der Waals surface area contributed by atoms with Crippen LogP contribution in [0.3, 0.4) is 0 Å². The van der Waals surface area contributed by atoms with E-state index in [2.05, 4.69) is 9.88 Å². The fraction of sp³-hybridized carbons (Fsp3) is 0.421. The molecule has 11 heteroatoms. The van der Waals surface area contributed by atoms with E-state index in [-0.39, 0.29) is 5.56 Å². The monoisotopic (exact) mass is 432 g/mol. The summed E-state index contributed by atoms with van der Waals surface area (Å²) in [6.45, 7) is 3.22. The molecule has 1 aliphatic rings. The number of hydrogen-bond acceptors (Lipinski definition) is 6. The van der Waals surface area contributed by atoms with Crippen LogP contribution in [0.25, 0.3) is 11.2 Å². The lowest BCUT2D eigenvalue weighted by Crippen LogP contribution is -2.49. The number of nitrogens with zero attached hydrogens (tertiary/aromatic N) is 6. The van der Waals surface area contributed by atoms with Crippen LogP contribution in [0, 0.1) is 0 Å². The largest absolute Gasteiger partial charge is 0.332 e. The van der Waals surface area contributed by atoms with Gasteiger partial charge in [0.05, 0.1) is 11.2 Å². The van der Waals surface area contributed by atoms with Crippen LogP contribution in [0.5, 0.6) is 0 Å². The SMILES string of the molecule is Cn1c(=O)c2c(ncn2CCN2CCN(S(=O)(=O)c3ccccc3)CC2)n(C)c1=O. The molecule has 160 valence electrons. The lowest BCUT2D eigenvalue weighted by atomic mass is 10.3. The Hall–Kier alpha value is -2.76. The molecule has 0 spiro atoms. The van der Waals surface area contributed by atoms with Crippen LogP contribution in [0.4, 0.5) is 0 Å². The zero-order valence-electron chi connectivity index (χ0n) is 16.9. The minimum absolute atomic E-state index is 0.310. The molecule has 10 nitrogen and oxygen atoms in total. The number of aromatic nitrogens is 4. The van der Waals surface area contributed by atoms with Gasteiger partial charge in [-0.3, -0.25) is 18.8 Å². The van der Waals surface area contributed by atoms with E-state index in [1.54, 1.807) is 48.3 Å². The van der Waals surface area contributed by atoms with Crippen LogP contribution in [-0.2, 0) is 30.7 Å². The molecule has 0 atom stereocenters. The van der Waals surface area contributed by atoms with Crippen molar-refractivity contribution < 1.29 is 8.42 Å². The summed E-state index contributed by atoms with van der Waals surface area (Å²) < 4.78 is 31.2. The predicted molar refractivity (Wildman–Crippen MR) is 112 cm³/mol.